The van der Waals surface area contributed by atoms with Crippen LogP contribution >= 0.6 is 0 Å². The highest BCUT2D eigenvalue weighted by Gasteiger charge is 2.31. The molecule has 3 atom stereocenters. The number of piperidine rings is 1. The molecule has 3 heteroatoms. The monoisotopic (exact) mass is 531 g/mol. The van der Waals surface area contributed by atoms with E-state index in [0.717, 1.165) is 32.1 Å². The van der Waals surface area contributed by atoms with Crippen LogP contribution in [0.5, 0.6) is 0 Å². The number of hydrogen-bond acceptors (Lipinski definition) is 3. The maximum Gasteiger partial charge on any atom is 0.0405 e. The molecule has 2 fully saturated rings. The van der Waals surface area contributed by atoms with Gasteiger partial charge in [0.1, 0.15) is 0 Å². The van der Waals surface area contributed by atoms with Gasteiger partial charge >= 0.3 is 0 Å². The highest BCUT2D eigenvalue weighted by molar-refractivity contribution is 5.62. The van der Waals surface area contributed by atoms with E-state index in [0.29, 0.717) is 12.0 Å². The molecule has 39 heavy (non-hydrogen) atoms. The Morgan fingerprint density at radius 1 is 1.08 bits per heavy atom. The molecule has 0 aromatic heterocycles. The summed E-state index contributed by atoms with van der Waals surface area (Å²) in [6, 6.07) is 7.43. The first-order chi connectivity index (χ1) is 18.9. The van der Waals surface area contributed by atoms with E-state index < -0.39 is 0 Å². The Morgan fingerprint density at radius 3 is 2.38 bits per heavy atom. The molecule has 1 aromatic carbocycles. The molecular weight excluding hydrogens is 474 g/mol. The van der Waals surface area contributed by atoms with Gasteiger partial charge in [-0.3, -0.25) is 4.90 Å². The van der Waals surface area contributed by atoms with Crippen molar-refractivity contribution in [2.75, 3.05) is 50.7 Å². The van der Waals surface area contributed by atoms with Crippen LogP contribution < -0.4 is 4.90 Å². The average Bonchev–Trinajstić information content (AvgIpc) is 3.11. The van der Waals surface area contributed by atoms with Gasteiger partial charge in [-0.25, -0.2) is 0 Å². The first-order valence-corrected chi connectivity index (χ1v) is 15.5. The molecule has 2 aliphatic rings. The standard InChI is InChI=1S/C33H53N3.C3H4/c1-7-14-28(8-2)24-31-16-15-29(9-3)25-33(31)36-22-21-35(20-19-34-17-12-11-13-18-34)32(23-27(5)6)30(10-4)26-36;1-3-2/h9-10,15-16,23,25,28,30,32H,3-4,7-8,11-14,17-22,24,26H2,1-2,5-6H3;1H,2H3. The minimum Gasteiger partial charge on any atom is -0.369 e. The van der Waals surface area contributed by atoms with Gasteiger partial charge in [0.25, 0.3) is 0 Å². The third kappa shape index (κ3) is 10.7. The number of benzene rings is 1. The molecule has 3 unspecified atom stereocenters. The van der Waals surface area contributed by atoms with E-state index in [2.05, 4.69) is 98.2 Å². The van der Waals surface area contributed by atoms with Gasteiger partial charge in [0.2, 0.25) is 0 Å². The largest absolute Gasteiger partial charge is 0.369 e. The zero-order chi connectivity index (χ0) is 28.6. The fourth-order valence-electron chi connectivity index (χ4n) is 6.18. The lowest BCUT2D eigenvalue weighted by Gasteiger charge is -2.34. The van der Waals surface area contributed by atoms with Crippen LogP contribution in [0.15, 0.2) is 49.1 Å². The van der Waals surface area contributed by atoms with Crippen molar-refractivity contribution in [1.29, 1.82) is 0 Å². The summed E-state index contributed by atoms with van der Waals surface area (Å²) in [5, 5.41) is 0. The molecule has 0 N–H and O–H groups in total. The second-order valence-electron chi connectivity index (χ2n) is 11.7. The number of anilines is 1. The lowest BCUT2D eigenvalue weighted by Crippen LogP contribution is -2.44. The normalized spacial score (nSPS) is 21.1. The second kappa shape index (κ2) is 18.1. The fraction of sp³-hybridized carbons (Fsp3) is 0.611. The quantitative estimate of drug-likeness (QED) is 0.199. The van der Waals surface area contributed by atoms with Crippen LogP contribution in [0, 0.1) is 24.2 Å². The third-order valence-corrected chi connectivity index (χ3v) is 8.38. The van der Waals surface area contributed by atoms with Crippen molar-refractivity contribution < 1.29 is 0 Å². The first kappa shape index (κ1) is 32.9. The molecule has 216 valence electrons. The number of likely N-dealkylation sites (tertiary alicyclic amines) is 1. The zero-order valence-corrected chi connectivity index (χ0v) is 25.9. The molecule has 2 saturated heterocycles. The molecule has 2 heterocycles. The average molecular weight is 532 g/mol. The van der Waals surface area contributed by atoms with Gasteiger partial charge in [0, 0.05) is 50.4 Å². The molecule has 0 saturated carbocycles. The summed E-state index contributed by atoms with van der Waals surface area (Å²) in [6.07, 6.45) is 20.4. The first-order valence-electron chi connectivity index (χ1n) is 15.5. The van der Waals surface area contributed by atoms with Gasteiger partial charge in [-0.1, -0.05) is 82.0 Å². The van der Waals surface area contributed by atoms with E-state index in [1.807, 2.05) is 6.08 Å². The molecule has 3 rings (SSSR count). The molecule has 0 aliphatic carbocycles. The highest BCUT2D eigenvalue weighted by Crippen LogP contribution is 2.31. The van der Waals surface area contributed by atoms with E-state index in [-0.39, 0.29) is 0 Å². The molecule has 2 aliphatic heterocycles. The maximum absolute atomic E-state index is 4.60. The molecule has 0 radical (unpaired) electrons. The van der Waals surface area contributed by atoms with Crippen molar-refractivity contribution in [2.24, 2.45) is 11.8 Å². The van der Waals surface area contributed by atoms with E-state index in [1.165, 1.54) is 87.0 Å². The smallest absolute Gasteiger partial charge is 0.0405 e. The zero-order valence-electron chi connectivity index (χ0n) is 25.9. The van der Waals surface area contributed by atoms with Crippen LogP contribution in [-0.4, -0.2) is 61.7 Å². The van der Waals surface area contributed by atoms with E-state index in [1.54, 1.807) is 6.92 Å². The molecule has 0 amide bonds. The maximum atomic E-state index is 4.60. The van der Waals surface area contributed by atoms with Gasteiger partial charge in [-0.2, -0.15) is 0 Å². The Hall–Kier alpha value is -2.28. The summed E-state index contributed by atoms with van der Waals surface area (Å²) in [4.78, 5) is 8.09. The minimum atomic E-state index is 0.404. The predicted octanol–water partition coefficient (Wildman–Crippen LogP) is 8.08. The second-order valence-corrected chi connectivity index (χ2v) is 11.7. The van der Waals surface area contributed by atoms with Crippen molar-refractivity contribution in [3.8, 4) is 12.3 Å². The van der Waals surface area contributed by atoms with E-state index >= 15 is 0 Å². The molecule has 0 spiro atoms. The lowest BCUT2D eigenvalue weighted by atomic mass is 9.90. The number of allylic oxidation sites excluding steroid dienone is 1. The van der Waals surface area contributed by atoms with Crippen LogP contribution in [0.25, 0.3) is 6.08 Å². The Labute approximate surface area is 242 Å². The number of terminal acetylenes is 1. The van der Waals surface area contributed by atoms with Crippen molar-refractivity contribution in [1.82, 2.24) is 9.80 Å². The third-order valence-electron chi connectivity index (χ3n) is 8.38. The number of hydrogen-bond donors (Lipinski definition) is 0. The van der Waals surface area contributed by atoms with Crippen LogP contribution in [0.3, 0.4) is 0 Å². The molecule has 0 bridgehead atoms. The minimum absolute atomic E-state index is 0.404. The number of rotatable bonds is 12. The highest BCUT2D eigenvalue weighted by atomic mass is 15.3. The summed E-state index contributed by atoms with van der Waals surface area (Å²) < 4.78 is 0. The number of nitrogens with zero attached hydrogens (tertiary/aromatic N) is 3. The van der Waals surface area contributed by atoms with Gasteiger partial charge in [-0.05, 0) is 76.2 Å². The van der Waals surface area contributed by atoms with Gasteiger partial charge in [-0.15, -0.1) is 18.9 Å². The Morgan fingerprint density at radius 2 is 1.79 bits per heavy atom. The van der Waals surface area contributed by atoms with Crippen LogP contribution in [-0.2, 0) is 6.42 Å². The molecule has 1 aromatic rings. The van der Waals surface area contributed by atoms with E-state index in [9.17, 15) is 0 Å². The summed E-state index contributed by atoms with van der Waals surface area (Å²) in [7, 11) is 0. The Balaban J connectivity index is 0.00000170. The van der Waals surface area contributed by atoms with Crippen LogP contribution in [0.4, 0.5) is 5.69 Å². The molecule has 3 nitrogen and oxygen atoms in total. The predicted molar refractivity (Wildman–Crippen MR) is 174 cm³/mol. The van der Waals surface area contributed by atoms with E-state index in [4.69, 9.17) is 0 Å². The van der Waals surface area contributed by atoms with Crippen LogP contribution in [0.2, 0.25) is 0 Å². The van der Waals surface area contributed by atoms with Gasteiger partial charge < -0.3 is 9.80 Å². The summed E-state index contributed by atoms with van der Waals surface area (Å²) >= 11 is 0. The lowest BCUT2D eigenvalue weighted by molar-refractivity contribution is 0.159. The summed E-state index contributed by atoms with van der Waals surface area (Å²) in [6.45, 7) is 27.3. The van der Waals surface area contributed by atoms with Crippen molar-refractivity contribution in [2.45, 2.75) is 85.6 Å². The topological polar surface area (TPSA) is 9.72 Å². The van der Waals surface area contributed by atoms with Crippen LogP contribution in [0.1, 0.15) is 84.3 Å². The SMILES string of the molecule is C#CC.C=Cc1ccc(CC(CC)CCC)c(N2CCN(CCN3CCCCC3)C(C=C(C)C)C(C=C)C2)c1. The van der Waals surface area contributed by atoms with Crippen molar-refractivity contribution >= 4 is 11.8 Å². The van der Waals surface area contributed by atoms with Crippen molar-refractivity contribution in [3.63, 3.8) is 0 Å². The van der Waals surface area contributed by atoms with Gasteiger partial charge in [0.05, 0.1) is 0 Å². The summed E-state index contributed by atoms with van der Waals surface area (Å²) in [5.74, 6) is 3.41. The summed E-state index contributed by atoms with van der Waals surface area (Å²) in [5.41, 5.74) is 5.55. The fourth-order valence-corrected chi connectivity index (χ4v) is 6.18. The molecular formula is C36H57N3. The Bertz CT molecular complexity index is 929. The Kier molecular flexibility index (Phi) is 15.3. The van der Waals surface area contributed by atoms with Gasteiger partial charge in [0.15, 0.2) is 0 Å². The van der Waals surface area contributed by atoms with Crippen molar-refractivity contribution in [3.05, 3.63) is 60.2 Å².